The SMILES string of the molecule is CCN(CC)c1ccc(C(=O)NC(CC(C)C)C(=O)N2CCC3C2C(=O)CN3C(=O)C(OC)C(C)C)cc1. The molecule has 38 heavy (non-hydrogen) atoms. The van der Waals surface area contributed by atoms with Crippen molar-refractivity contribution in [3.63, 3.8) is 0 Å². The van der Waals surface area contributed by atoms with Crippen molar-refractivity contribution < 1.29 is 23.9 Å². The van der Waals surface area contributed by atoms with E-state index in [1.54, 1.807) is 21.9 Å². The first-order chi connectivity index (χ1) is 18.0. The van der Waals surface area contributed by atoms with Crippen LogP contribution in [0.4, 0.5) is 5.69 Å². The number of nitrogens with one attached hydrogen (secondary N) is 1. The van der Waals surface area contributed by atoms with Gasteiger partial charge in [-0.3, -0.25) is 19.2 Å². The van der Waals surface area contributed by atoms with Gasteiger partial charge in [-0.25, -0.2) is 0 Å². The van der Waals surface area contributed by atoms with E-state index in [2.05, 4.69) is 24.1 Å². The van der Waals surface area contributed by atoms with Gasteiger partial charge in [0, 0.05) is 38.0 Å². The maximum absolute atomic E-state index is 13.8. The molecule has 0 saturated carbocycles. The van der Waals surface area contributed by atoms with E-state index in [1.807, 2.05) is 39.8 Å². The van der Waals surface area contributed by atoms with Crippen molar-refractivity contribution in [1.82, 2.24) is 15.1 Å². The highest BCUT2D eigenvalue weighted by atomic mass is 16.5. The maximum atomic E-state index is 13.8. The number of likely N-dealkylation sites (tertiary alicyclic amines) is 2. The number of carbonyl (C=O) groups excluding carboxylic acids is 4. The highest BCUT2D eigenvalue weighted by molar-refractivity contribution is 6.01. The molecule has 3 rings (SSSR count). The molecule has 2 aliphatic heterocycles. The lowest BCUT2D eigenvalue weighted by Gasteiger charge is -2.30. The van der Waals surface area contributed by atoms with Crippen LogP contribution in [0, 0.1) is 11.8 Å². The summed E-state index contributed by atoms with van der Waals surface area (Å²) in [4.78, 5) is 58.5. The summed E-state index contributed by atoms with van der Waals surface area (Å²) in [5, 5.41) is 2.93. The molecule has 2 aliphatic rings. The van der Waals surface area contributed by atoms with Crippen molar-refractivity contribution in [3.05, 3.63) is 29.8 Å². The lowest BCUT2D eigenvalue weighted by Crippen LogP contribution is -2.53. The molecule has 2 fully saturated rings. The van der Waals surface area contributed by atoms with E-state index >= 15 is 0 Å². The smallest absolute Gasteiger partial charge is 0.252 e. The fourth-order valence-electron chi connectivity index (χ4n) is 5.73. The Hall–Kier alpha value is -2.94. The van der Waals surface area contributed by atoms with Gasteiger partial charge >= 0.3 is 0 Å². The largest absolute Gasteiger partial charge is 0.372 e. The molecule has 4 atom stereocenters. The van der Waals surface area contributed by atoms with Gasteiger partial charge in [0.25, 0.3) is 11.8 Å². The molecule has 0 aliphatic carbocycles. The lowest BCUT2D eigenvalue weighted by atomic mass is 10.0. The van der Waals surface area contributed by atoms with Gasteiger partial charge in [0.2, 0.25) is 5.91 Å². The molecule has 1 aromatic rings. The summed E-state index contributed by atoms with van der Waals surface area (Å²) in [5.41, 5.74) is 1.52. The first-order valence-electron chi connectivity index (χ1n) is 13.9. The number of ether oxygens (including phenoxy) is 1. The van der Waals surface area contributed by atoms with E-state index < -0.39 is 18.2 Å². The van der Waals surface area contributed by atoms with Crippen LogP contribution in [-0.2, 0) is 19.1 Å². The minimum Gasteiger partial charge on any atom is -0.372 e. The molecule has 0 radical (unpaired) electrons. The highest BCUT2D eigenvalue weighted by Gasteiger charge is 2.53. The quantitative estimate of drug-likeness (QED) is 0.474. The Morgan fingerprint density at radius 2 is 1.66 bits per heavy atom. The predicted molar refractivity (Wildman–Crippen MR) is 147 cm³/mol. The molecule has 4 unspecified atom stereocenters. The molecule has 2 heterocycles. The molecule has 9 nitrogen and oxygen atoms in total. The van der Waals surface area contributed by atoms with Crippen LogP contribution in [0.1, 0.15) is 64.7 Å². The zero-order valence-electron chi connectivity index (χ0n) is 23.9. The van der Waals surface area contributed by atoms with Gasteiger partial charge in [-0.2, -0.15) is 0 Å². The number of fused-ring (bicyclic) bond motifs is 1. The number of benzene rings is 1. The molecule has 2 saturated heterocycles. The van der Waals surface area contributed by atoms with E-state index in [0.29, 0.717) is 24.9 Å². The van der Waals surface area contributed by atoms with Crippen LogP contribution in [0.3, 0.4) is 0 Å². The predicted octanol–water partition coefficient (Wildman–Crippen LogP) is 2.73. The van der Waals surface area contributed by atoms with E-state index in [9.17, 15) is 19.2 Å². The zero-order chi connectivity index (χ0) is 28.1. The number of amides is 3. The summed E-state index contributed by atoms with van der Waals surface area (Å²) in [6.45, 7) is 14.1. The molecule has 0 bridgehead atoms. The average molecular weight is 529 g/mol. The van der Waals surface area contributed by atoms with Crippen molar-refractivity contribution in [2.75, 3.05) is 38.2 Å². The zero-order valence-corrected chi connectivity index (χ0v) is 23.9. The Kier molecular flexibility index (Phi) is 9.93. The lowest BCUT2D eigenvalue weighted by molar-refractivity contribution is -0.146. The van der Waals surface area contributed by atoms with E-state index in [-0.39, 0.29) is 47.9 Å². The second-order valence-corrected chi connectivity index (χ2v) is 11.0. The fraction of sp³-hybridized carbons (Fsp3) is 0.655. The monoisotopic (exact) mass is 528 g/mol. The number of hydrogen-bond donors (Lipinski definition) is 1. The van der Waals surface area contributed by atoms with Crippen LogP contribution < -0.4 is 10.2 Å². The summed E-state index contributed by atoms with van der Waals surface area (Å²) < 4.78 is 5.41. The van der Waals surface area contributed by atoms with Crippen molar-refractivity contribution >= 4 is 29.2 Å². The minimum atomic E-state index is -0.761. The third kappa shape index (κ3) is 6.20. The Balaban J connectivity index is 1.75. The number of carbonyl (C=O) groups is 4. The van der Waals surface area contributed by atoms with Crippen LogP contribution in [0.2, 0.25) is 0 Å². The summed E-state index contributed by atoms with van der Waals surface area (Å²) in [6.07, 6.45) is 0.344. The molecule has 1 aromatic carbocycles. The number of nitrogens with zero attached hydrogens (tertiary/aromatic N) is 3. The average Bonchev–Trinajstić information content (AvgIpc) is 3.45. The third-order valence-corrected chi connectivity index (χ3v) is 7.66. The number of hydrogen-bond acceptors (Lipinski definition) is 6. The van der Waals surface area contributed by atoms with Crippen LogP contribution in [0.15, 0.2) is 24.3 Å². The Morgan fingerprint density at radius 1 is 1.03 bits per heavy atom. The molecule has 0 spiro atoms. The number of rotatable bonds is 11. The van der Waals surface area contributed by atoms with Gasteiger partial charge in [-0.1, -0.05) is 27.7 Å². The number of anilines is 1. The van der Waals surface area contributed by atoms with Gasteiger partial charge in [-0.15, -0.1) is 0 Å². The summed E-state index contributed by atoms with van der Waals surface area (Å²) in [5.74, 6) is -0.826. The van der Waals surface area contributed by atoms with Gasteiger partial charge < -0.3 is 24.8 Å². The number of Topliss-reactive ketones (excluding diaryl/α,β-unsaturated/α-hetero) is 1. The Labute approximate surface area is 226 Å². The Bertz CT molecular complexity index is 1000. The van der Waals surface area contributed by atoms with E-state index in [4.69, 9.17) is 4.74 Å². The second-order valence-electron chi connectivity index (χ2n) is 11.0. The second kappa shape index (κ2) is 12.7. The third-order valence-electron chi connectivity index (χ3n) is 7.66. The van der Waals surface area contributed by atoms with Gasteiger partial charge in [0.05, 0.1) is 12.6 Å². The molecule has 0 aromatic heterocycles. The number of ketones is 1. The topological polar surface area (TPSA) is 99.3 Å². The first-order valence-corrected chi connectivity index (χ1v) is 13.9. The number of methoxy groups -OCH3 is 1. The maximum Gasteiger partial charge on any atom is 0.252 e. The van der Waals surface area contributed by atoms with Crippen LogP contribution in [-0.4, -0.2) is 90.8 Å². The van der Waals surface area contributed by atoms with E-state index in [1.165, 1.54) is 7.11 Å². The van der Waals surface area contributed by atoms with Crippen LogP contribution in [0.5, 0.6) is 0 Å². The van der Waals surface area contributed by atoms with E-state index in [0.717, 1.165) is 18.8 Å². The fourth-order valence-corrected chi connectivity index (χ4v) is 5.73. The van der Waals surface area contributed by atoms with Gasteiger partial charge in [0.1, 0.15) is 18.2 Å². The standard InChI is InChI=1S/C29H44N4O5/c1-8-31(9-2)21-12-10-20(11-13-21)27(35)30-22(16-18(3)4)28(36)32-15-14-23-25(32)24(34)17-33(23)29(37)26(38-7)19(5)6/h10-13,18-19,22-23,25-26H,8-9,14-17H2,1-7H3,(H,30,35). The van der Waals surface area contributed by atoms with Crippen molar-refractivity contribution in [2.45, 2.75) is 78.6 Å². The van der Waals surface area contributed by atoms with Crippen LogP contribution in [0.25, 0.3) is 0 Å². The summed E-state index contributed by atoms with van der Waals surface area (Å²) in [7, 11) is 1.50. The van der Waals surface area contributed by atoms with Crippen molar-refractivity contribution in [2.24, 2.45) is 11.8 Å². The molecule has 3 amide bonds. The first kappa shape index (κ1) is 29.6. The normalized spacial score (nSPS) is 20.6. The molecule has 9 heteroatoms. The Morgan fingerprint density at radius 3 is 2.18 bits per heavy atom. The van der Waals surface area contributed by atoms with Gasteiger partial charge in [0.15, 0.2) is 5.78 Å². The van der Waals surface area contributed by atoms with Crippen LogP contribution >= 0.6 is 0 Å². The molecule has 1 N–H and O–H groups in total. The highest BCUT2D eigenvalue weighted by Crippen LogP contribution is 2.32. The minimum absolute atomic E-state index is 0.0232. The molecular formula is C29H44N4O5. The summed E-state index contributed by atoms with van der Waals surface area (Å²) >= 11 is 0. The molecule has 210 valence electrons. The van der Waals surface area contributed by atoms with Gasteiger partial charge in [-0.05, 0) is 62.8 Å². The van der Waals surface area contributed by atoms with Crippen molar-refractivity contribution in [1.29, 1.82) is 0 Å². The molecular weight excluding hydrogens is 484 g/mol. The summed E-state index contributed by atoms with van der Waals surface area (Å²) in [6, 6.07) is 5.57. The van der Waals surface area contributed by atoms with Crippen molar-refractivity contribution in [3.8, 4) is 0 Å².